The molecule has 1 heterocycles. The fourth-order valence-corrected chi connectivity index (χ4v) is 4.71. The highest BCUT2D eigenvalue weighted by Crippen LogP contribution is 2.58. The Labute approximate surface area is 160 Å². The normalized spacial score (nSPS) is 20.9. The number of nitrogens with zero attached hydrogens (tertiary/aromatic N) is 2. The van der Waals surface area contributed by atoms with Crippen LogP contribution in [0.15, 0.2) is 57.8 Å². The molecule has 1 N–H and O–H groups in total. The first kappa shape index (κ1) is 18.7. The van der Waals surface area contributed by atoms with Gasteiger partial charge in [0.1, 0.15) is 11.6 Å². The predicted octanol–water partition coefficient (Wildman–Crippen LogP) is 3.49. The molecule has 2 aromatic carbocycles. The van der Waals surface area contributed by atoms with Crippen molar-refractivity contribution < 1.29 is 21.6 Å². The zero-order valence-corrected chi connectivity index (χ0v) is 15.9. The molecule has 0 saturated heterocycles. The molecule has 0 unspecified atom stereocenters. The highest BCUT2D eigenvalue weighted by atomic mass is 32.2. The van der Waals surface area contributed by atoms with Crippen LogP contribution in [0, 0.1) is 17.0 Å². The molecule has 0 bridgehead atoms. The summed E-state index contributed by atoms with van der Waals surface area (Å²) in [6, 6.07) is 10.6. The van der Waals surface area contributed by atoms with Crippen LogP contribution >= 0.6 is 0 Å². The van der Waals surface area contributed by atoms with E-state index in [2.05, 4.69) is 14.9 Å². The van der Waals surface area contributed by atoms with Crippen molar-refractivity contribution in [3.63, 3.8) is 0 Å². The van der Waals surface area contributed by atoms with E-state index in [4.69, 9.17) is 4.42 Å². The molecule has 0 amide bonds. The topological polar surface area (TPSA) is 85.1 Å². The minimum atomic E-state index is -3.71. The van der Waals surface area contributed by atoms with E-state index in [1.807, 2.05) is 13.8 Å². The van der Waals surface area contributed by atoms with Gasteiger partial charge in [-0.25, -0.2) is 21.9 Å². The number of benzene rings is 2. The van der Waals surface area contributed by atoms with E-state index in [1.54, 1.807) is 18.2 Å². The zero-order valence-electron chi connectivity index (χ0n) is 15.1. The van der Waals surface area contributed by atoms with Crippen molar-refractivity contribution in [1.82, 2.24) is 14.9 Å². The largest absolute Gasteiger partial charge is 0.420 e. The second-order valence-corrected chi connectivity index (χ2v) is 8.99. The van der Waals surface area contributed by atoms with Crippen molar-refractivity contribution in [1.29, 1.82) is 0 Å². The first-order valence-corrected chi connectivity index (χ1v) is 10.0. The maximum atomic E-state index is 13.9. The molecule has 1 aliphatic rings. The standard InChI is InChI=1S/C19H17F2N3O3S/c1-19(2)15(16(19)24-28(25,26)12-6-4-3-5-7-12)18-23-22-17(27-18)13-9-8-11(20)10-14(13)21/h3-10,15-16,24H,1-2H3/t15-,16-/m0/s1. The van der Waals surface area contributed by atoms with Crippen molar-refractivity contribution in [2.45, 2.75) is 30.7 Å². The van der Waals surface area contributed by atoms with Crippen molar-refractivity contribution in [3.05, 3.63) is 66.1 Å². The van der Waals surface area contributed by atoms with Gasteiger partial charge in [0.25, 0.3) is 5.89 Å². The summed E-state index contributed by atoms with van der Waals surface area (Å²) in [6.07, 6.45) is 0. The van der Waals surface area contributed by atoms with Gasteiger partial charge >= 0.3 is 0 Å². The summed E-state index contributed by atoms with van der Waals surface area (Å²) in [5.74, 6) is -1.77. The maximum Gasteiger partial charge on any atom is 0.250 e. The van der Waals surface area contributed by atoms with E-state index in [0.717, 1.165) is 12.1 Å². The van der Waals surface area contributed by atoms with Crippen LogP contribution in [-0.4, -0.2) is 24.7 Å². The van der Waals surface area contributed by atoms with Gasteiger partial charge in [0.2, 0.25) is 15.9 Å². The minimum Gasteiger partial charge on any atom is -0.420 e. The molecule has 146 valence electrons. The molecular formula is C19H17F2N3O3S. The van der Waals surface area contributed by atoms with Gasteiger partial charge in [0.05, 0.1) is 16.4 Å². The number of nitrogens with one attached hydrogen (secondary N) is 1. The predicted molar refractivity (Wildman–Crippen MR) is 96.7 cm³/mol. The zero-order chi connectivity index (χ0) is 20.1. The Hall–Kier alpha value is -2.65. The number of sulfonamides is 1. The molecular weight excluding hydrogens is 388 g/mol. The fraction of sp³-hybridized carbons (Fsp3) is 0.263. The summed E-state index contributed by atoms with van der Waals surface area (Å²) in [6.45, 7) is 3.75. The highest BCUT2D eigenvalue weighted by Gasteiger charge is 2.63. The molecule has 28 heavy (non-hydrogen) atoms. The van der Waals surface area contributed by atoms with Crippen LogP contribution in [0.3, 0.4) is 0 Å². The Morgan fingerprint density at radius 2 is 1.79 bits per heavy atom. The Morgan fingerprint density at radius 1 is 1.07 bits per heavy atom. The summed E-state index contributed by atoms with van der Waals surface area (Å²) in [7, 11) is -3.71. The first-order valence-electron chi connectivity index (χ1n) is 8.56. The molecule has 9 heteroatoms. The highest BCUT2D eigenvalue weighted by molar-refractivity contribution is 7.89. The van der Waals surface area contributed by atoms with Gasteiger partial charge in [0.15, 0.2) is 0 Å². The summed E-state index contributed by atoms with van der Waals surface area (Å²) in [5.41, 5.74) is -0.479. The monoisotopic (exact) mass is 405 g/mol. The third-order valence-electron chi connectivity index (χ3n) is 5.03. The van der Waals surface area contributed by atoms with Crippen LogP contribution in [0.5, 0.6) is 0 Å². The molecule has 4 rings (SSSR count). The Morgan fingerprint density at radius 3 is 2.46 bits per heavy atom. The number of hydrogen-bond acceptors (Lipinski definition) is 5. The quantitative estimate of drug-likeness (QED) is 0.702. The molecule has 0 spiro atoms. The van der Waals surface area contributed by atoms with E-state index >= 15 is 0 Å². The smallest absolute Gasteiger partial charge is 0.250 e. The lowest BCUT2D eigenvalue weighted by Gasteiger charge is -2.07. The van der Waals surface area contributed by atoms with Gasteiger partial charge < -0.3 is 4.42 Å². The van der Waals surface area contributed by atoms with Crippen LogP contribution in [0.25, 0.3) is 11.5 Å². The summed E-state index contributed by atoms with van der Waals surface area (Å²) in [5, 5.41) is 7.79. The van der Waals surface area contributed by atoms with Crippen LogP contribution < -0.4 is 4.72 Å². The molecule has 1 saturated carbocycles. The molecule has 0 radical (unpaired) electrons. The Bertz CT molecular complexity index is 1130. The Balaban J connectivity index is 1.58. The van der Waals surface area contributed by atoms with Crippen LogP contribution in [0.4, 0.5) is 8.78 Å². The van der Waals surface area contributed by atoms with Crippen LogP contribution in [-0.2, 0) is 10.0 Å². The first-order chi connectivity index (χ1) is 13.2. The summed E-state index contributed by atoms with van der Waals surface area (Å²) < 4.78 is 60.5. The van der Waals surface area contributed by atoms with Crippen molar-refractivity contribution in [2.75, 3.05) is 0 Å². The van der Waals surface area contributed by atoms with Gasteiger partial charge in [-0.1, -0.05) is 32.0 Å². The minimum absolute atomic E-state index is 0.0139. The van der Waals surface area contributed by atoms with Crippen LogP contribution in [0.2, 0.25) is 0 Å². The van der Waals surface area contributed by atoms with Gasteiger partial charge in [-0.3, -0.25) is 0 Å². The van der Waals surface area contributed by atoms with E-state index in [9.17, 15) is 17.2 Å². The van der Waals surface area contributed by atoms with E-state index in [-0.39, 0.29) is 28.2 Å². The molecule has 1 aliphatic carbocycles. The average molecular weight is 405 g/mol. The van der Waals surface area contributed by atoms with Gasteiger partial charge in [-0.15, -0.1) is 10.2 Å². The number of aromatic nitrogens is 2. The lowest BCUT2D eigenvalue weighted by Crippen LogP contribution is -2.29. The maximum absolute atomic E-state index is 13.9. The van der Waals surface area contributed by atoms with E-state index < -0.39 is 33.1 Å². The molecule has 0 aliphatic heterocycles. The summed E-state index contributed by atoms with van der Waals surface area (Å²) >= 11 is 0. The third kappa shape index (κ3) is 3.20. The van der Waals surface area contributed by atoms with Gasteiger partial charge in [-0.2, -0.15) is 0 Å². The number of rotatable bonds is 5. The Kier molecular flexibility index (Phi) is 4.31. The van der Waals surface area contributed by atoms with Crippen molar-refractivity contribution in [3.8, 4) is 11.5 Å². The van der Waals surface area contributed by atoms with E-state index in [1.165, 1.54) is 18.2 Å². The molecule has 1 fully saturated rings. The van der Waals surface area contributed by atoms with Crippen LogP contribution in [0.1, 0.15) is 25.7 Å². The van der Waals surface area contributed by atoms with Gasteiger partial charge in [0, 0.05) is 12.1 Å². The SMILES string of the molecule is CC1(C)[C@H](c2nnc(-c3ccc(F)cc3F)o2)[C@@H]1NS(=O)(=O)c1ccccc1. The molecule has 1 aromatic heterocycles. The second kappa shape index (κ2) is 6.46. The van der Waals surface area contributed by atoms with E-state index in [0.29, 0.717) is 0 Å². The lowest BCUT2D eigenvalue weighted by molar-refractivity contribution is 0.473. The summed E-state index contributed by atoms with van der Waals surface area (Å²) in [4.78, 5) is 0.163. The number of hydrogen-bond donors (Lipinski definition) is 1. The third-order valence-corrected chi connectivity index (χ3v) is 6.49. The molecule has 6 nitrogen and oxygen atoms in total. The lowest BCUT2D eigenvalue weighted by atomic mass is 10.1. The number of halogens is 2. The molecule has 2 atom stereocenters. The van der Waals surface area contributed by atoms with Crippen molar-refractivity contribution >= 4 is 10.0 Å². The van der Waals surface area contributed by atoms with Crippen molar-refractivity contribution in [2.24, 2.45) is 5.41 Å². The second-order valence-electron chi connectivity index (χ2n) is 7.28. The molecule has 3 aromatic rings. The average Bonchev–Trinajstić information content (AvgIpc) is 2.96. The fourth-order valence-electron chi connectivity index (χ4n) is 3.29. The van der Waals surface area contributed by atoms with Gasteiger partial charge in [-0.05, 0) is 29.7 Å².